The van der Waals surface area contributed by atoms with Gasteiger partial charge in [0.1, 0.15) is 6.29 Å². The van der Waals surface area contributed by atoms with E-state index in [4.69, 9.17) is 1.37 Å². The lowest BCUT2D eigenvalue weighted by atomic mass is 10.0. The number of rotatable bonds is 0. The molecular formula is C5H10O. The molecule has 0 amide bonds. The van der Waals surface area contributed by atoms with E-state index >= 15 is 0 Å². The lowest BCUT2D eigenvalue weighted by Crippen LogP contribution is -2.04. The number of carbonyl (C=O) groups is 1. The highest BCUT2D eigenvalue weighted by molar-refractivity contribution is 5.56. The first kappa shape index (κ1) is 3.85. The van der Waals surface area contributed by atoms with Crippen LogP contribution in [-0.4, -0.2) is 6.29 Å². The van der Waals surface area contributed by atoms with Gasteiger partial charge in [-0.15, -0.1) is 0 Å². The molecule has 0 heterocycles. The molecule has 0 unspecified atom stereocenters. The zero-order valence-corrected chi connectivity index (χ0v) is 4.19. The zero-order valence-electron chi connectivity index (χ0n) is 5.19. The summed E-state index contributed by atoms with van der Waals surface area (Å²) in [6.07, 6.45) is 0.806. The largest absolute Gasteiger partial charge is 0.303 e. The third-order valence-electron chi connectivity index (χ3n) is 0.319. The summed E-state index contributed by atoms with van der Waals surface area (Å²) < 4.78 is 6.77. The molecule has 6 heavy (non-hydrogen) atoms. The summed E-state index contributed by atoms with van der Waals surface area (Å²) in [4.78, 5) is 9.94. The number of hydrogen-bond acceptors (Lipinski definition) is 1. The Morgan fingerprint density at radius 3 is 2.33 bits per heavy atom. The Morgan fingerprint density at radius 1 is 1.83 bits per heavy atom. The van der Waals surface area contributed by atoms with E-state index in [-0.39, 0.29) is 6.90 Å². The minimum atomic E-state index is -0.431. The van der Waals surface area contributed by atoms with Gasteiger partial charge in [0.15, 0.2) is 0 Å². The second kappa shape index (κ2) is 1.41. The van der Waals surface area contributed by atoms with E-state index in [9.17, 15) is 4.79 Å². The Kier molecular flexibility index (Phi) is 0.906. The van der Waals surface area contributed by atoms with Gasteiger partial charge in [-0.2, -0.15) is 0 Å². The first-order valence-electron chi connectivity index (χ1n) is 2.59. The average molecular weight is 87.1 g/mol. The summed E-state index contributed by atoms with van der Waals surface area (Å²) in [5, 5.41) is 0. The molecule has 0 fully saturated rings. The second-order valence-corrected chi connectivity index (χ2v) is 2.11. The van der Waals surface area contributed by atoms with Gasteiger partial charge in [0.2, 0.25) is 0 Å². The fourth-order valence-corrected chi connectivity index (χ4v) is 0. The Hall–Kier alpha value is -0.330. The predicted octanol–water partition coefficient (Wildman–Crippen LogP) is 1.23. The van der Waals surface area contributed by atoms with Crippen LogP contribution in [0.5, 0.6) is 0 Å². The van der Waals surface area contributed by atoms with Gasteiger partial charge in [0.25, 0.3) is 0 Å². The highest BCUT2D eigenvalue weighted by Crippen LogP contribution is 2.05. The lowest BCUT2D eigenvalue weighted by molar-refractivity contribution is -0.113. The van der Waals surface area contributed by atoms with Crippen LogP contribution in [0, 0.1) is 5.41 Å². The van der Waals surface area contributed by atoms with Crippen LogP contribution >= 0.6 is 0 Å². The van der Waals surface area contributed by atoms with E-state index in [1.165, 1.54) is 0 Å². The molecule has 0 saturated carbocycles. The molecule has 0 spiro atoms. The van der Waals surface area contributed by atoms with Crippen molar-refractivity contribution < 1.29 is 6.17 Å². The average Bonchev–Trinajstić information content (AvgIpc) is 1.68. The van der Waals surface area contributed by atoms with Gasteiger partial charge in [-0.3, -0.25) is 0 Å². The van der Waals surface area contributed by atoms with Gasteiger partial charge in [-0.1, -0.05) is 20.7 Å². The van der Waals surface area contributed by atoms with Crippen molar-refractivity contribution in [2.24, 2.45) is 5.41 Å². The molecule has 0 N–H and O–H groups in total. The molecule has 0 aromatic heterocycles. The van der Waals surface area contributed by atoms with Crippen LogP contribution in [0.1, 0.15) is 22.1 Å². The highest BCUT2D eigenvalue weighted by Gasteiger charge is 2.04. The molecule has 0 aromatic carbocycles. The van der Waals surface area contributed by atoms with Crippen molar-refractivity contribution in [1.82, 2.24) is 0 Å². The molecule has 0 aliphatic carbocycles. The van der Waals surface area contributed by atoms with Gasteiger partial charge in [-0.05, 0) is 0 Å². The maximum absolute atomic E-state index is 9.94. The molecular weight excluding hydrogens is 76.1 g/mol. The molecule has 1 nitrogen and oxygen atoms in total. The molecule has 1 heteroatoms. The molecule has 36 valence electrons. The first-order valence-corrected chi connectivity index (χ1v) is 1.88. The summed E-state index contributed by atoms with van der Waals surface area (Å²) in [7, 11) is 0. The minimum Gasteiger partial charge on any atom is -0.303 e. The van der Waals surface area contributed by atoms with Gasteiger partial charge < -0.3 is 4.79 Å². The molecule has 0 atom stereocenters. The molecule has 0 aromatic rings. The minimum absolute atomic E-state index is 0.177. The summed E-state index contributed by atoms with van der Waals surface area (Å²) in [6.45, 7) is 3.66. The Labute approximate surface area is 39.8 Å². The van der Waals surface area contributed by atoms with Crippen molar-refractivity contribution in [2.45, 2.75) is 20.7 Å². The smallest absolute Gasteiger partial charge is 0.125 e. The molecule has 0 rings (SSSR count). The monoisotopic (exact) mass is 87.1 g/mol. The number of aldehydes is 1. The Bertz CT molecular complexity index is 68.5. The molecule has 0 radical (unpaired) electrons. The number of carbonyl (C=O) groups excluding carboxylic acids is 1. The van der Waals surface area contributed by atoms with Crippen molar-refractivity contribution in [2.75, 3.05) is 0 Å². The summed E-state index contributed by atoms with van der Waals surface area (Å²) in [5.74, 6) is 0. The summed E-state index contributed by atoms with van der Waals surface area (Å²) in [6, 6.07) is 0. The molecule has 0 aliphatic heterocycles. The molecule has 0 saturated heterocycles. The van der Waals surface area contributed by atoms with E-state index in [0.717, 1.165) is 6.29 Å². The van der Waals surface area contributed by atoms with E-state index in [0.29, 0.717) is 0 Å². The summed E-state index contributed by atoms with van der Waals surface area (Å²) >= 11 is 0. The van der Waals surface area contributed by atoms with Crippen LogP contribution in [0.25, 0.3) is 0 Å². The van der Waals surface area contributed by atoms with E-state index in [1.807, 2.05) is 0 Å². The van der Waals surface area contributed by atoms with Gasteiger partial charge in [0.05, 0.1) is 0 Å². The van der Waals surface area contributed by atoms with Crippen LogP contribution in [-0.2, 0) is 4.79 Å². The van der Waals surface area contributed by atoms with E-state index in [1.54, 1.807) is 13.8 Å². The topological polar surface area (TPSA) is 17.1 Å². The fourth-order valence-electron chi connectivity index (χ4n) is 0. The van der Waals surface area contributed by atoms with Gasteiger partial charge in [0, 0.05) is 6.79 Å². The van der Waals surface area contributed by atoms with Crippen molar-refractivity contribution in [3.63, 3.8) is 0 Å². The normalized spacial score (nSPS) is 13.3. The third-order valence-corrected chi connectivity index (χ3v) is 0.319. The SMILES string of the molecule is [2H]CC(C)(C)C=O. The van der Waals surface area contributed by atoms with Gasteiger partial charge >= 0.3 is 0 Å². The quantitative estimate of drug-likeness (QED) is 0.406. The predicted molar refractivity (Wildman–Crippen MR) is 25.5 cm³/mol. The van der Waals surface area contributed by atoms with Crippen molar-refractivity contribution in [3.8, 4) is 0 Å². The van der Waals surface area contributed by atoms with Crippen LogP contribution in [0.3, 0.4) is 0 Å². The second-order valence-electron chi connectivity index (χ2n) is 2.11. The standard InChI is InChI=1S/C5H10O/c1-5(2,3)4-6/h4H,1-3H3/i1D. The lowest BCUT2D eigenvalue weighted by Gasteiger charge is -2.03. The molecule has 0 bridgehead atoms. The van der Waals surface area contributed by atoms with Crippen LogP contribution < -0.4 is 0 Å². The number of hydrogen-bond donors (Lipinski definition) is 0. The van der Waals surface area contributed by atoms with Crippen LogP contribution in [0.4, 0.5) is 0 Å². The maximum atomic E-state index is 9.94. The van der Waals surface area contributed by atoms with Gasteiger partial charge in [-0.25, -0.2) is 0 Å². The van der Waals surface area contributed by atoms with Crippen molar-refractivity contribution in [1.29, 1.82) is 0 Å². The van der Waals surface area contributed by atoms with Crippen LogP contribution in [0.15, 0.2) is 0 Å². The molecule has 0 aliphatic rings. The maximum Gasteiger partial charge on any atom is 0.125 e. The highest BCUT2D eigenvalue weighted by atomic mass is 16.1. The first-order chi connectivity index (χ1) is 3.12. The van der Waals surface area contributed by atoms with Crippen molar-refractivity contribution in [3.05, 3.63) is 0 Å². The van der Waals surface area contributed by atoms with Crippen molar-refractivity contribution >= 4 is 6.29 Å². The van der Waals surface area contributed by atoms with E-state index in [2.05, 4.69) is 0 Å². The fraction of sp³-hybridized carbons (Fsp3) is 0.800. The third kappa shape index (κ3) is 3.67. The Morgan fingerprint density at radius 2 is 2.33 bits per heavy atom. The zero-order chi connectivity index (χ0) is 5.91. The summed E-state index contributed by atoms with van der Waals surface area (Å²) in [5.41, 5.74) is -0.431. The van der Waals surface area contributed by atoms with Crippen LogP contribution in [0.2, 0.25) is 0 Å². The van der Waals surface area contributed by atoms with E-state index < -0.39 is 5.41 Å². The Balaban J connectivity index is 3.58.